The minimum Gasteiger partial charge on any atom is -0.457 e. The van der Waals surface area contributed by atoms with Crippen LogP contribution in [0.1, 0.15) is 76.6 Å². The van der Waals surface area contributed by atoms with Crippen LogP contribution in [-0.2, 0) is 6.54 Å². The number of carbonyl (C=O) groups is 1. The van der Waals surface area contributed by atoms with Gasteiger partial charge in [0.05, 0.1) is 11.0 Å². The second kappa shape index (κ2) is 15.9. The molecule has 0 radical (unpaired) electrons. The van der Waals surface area contributed by atoms with Crippen LogP contribution < -0.4 is 10.1 Å². The number of likely N-dealkylation sites (tertiary alicyclic amines) is 1. The Kier molecular flexibility index (Phi) is 11.5. The molecule has 1 aromatic heterocycles. The molecule has 0 atom stereocenters. The summed E-state index contributed by atoms with van der Waals surface area (Å²) in [5.41, 5.74) is 3.52. The number of aromatic nitrogens is 2. The lowest BCUT2D eigenvalue weighted by atomic mass is 10.1. The average Bonchev–Trinajstić information content (AvgIpc) is 3.37. The van der Waals surface area contributed by atoms with Crippen molar-refractivity contribution < 1.29 is 9.53 Å². The van der Waals surface area contributed by atoms with Crippen molar-refractivity contribution in [3.63, 3.8) is 0 Å². The highest BCUT2D eigenvalue weighted by Gasteiger charge is 2.20. The van der Waals surface area contributed by atoms with Gasteiger partial charge in [0.1, 0.15) is 11.5 Å². The fraction of sp³-hybridized carbons (Fsp3) is 0.474. The van der Waals surface area contributed by atoms with Crippen molar-refractivity contribution in [2.24, 2.45) is 11.8 Å². The normalized spacial score (nSPS) is 13.9. The third-order valence-corrected chi connectivity index (χ3v) is 8.61. The van der Waals surface area contributed by atoms with E-state index >= 15 is 0 Å². The van der Waals surface area contributed by atoms with Crippen LogP contribution in [0.4, 0.5) is 11.6 Å². The number of aryl methyl sites for hydroxylation is 1. The summed E-state index contributed by atoms with van der Waals surface area (Å²) in [6.07, 6.45) is 6.94. The van der Waals surface area contributed by atoms with Gasteiger partial charge in [-0.25, -0.2) is 4.98 Å². The Labute approximate surface area is 269 Å². The molecule has 0 spiro atoms. The SMILES string of the molecule is CC(C)CCN(CCC(C)C)C(=O)c1ccc2nc(Nc3cccc(Oc4ccccc4)c3)n(CCCN3CCCCC3)c2c1. The highest BCUT2D eigenvalue weighted by Crippen LogP contribution is 2.29. The number of amides is 1. The van der Waals surface area contributed by atoms with Crippen LogP contribution in [0, 0.1) is 11.8 Å². The molecule has 1 fully saturated rings. The number of fused-ring (bicyclic) bond motifs is 1. The fourth-order valence-electron chi connectivity index (χ4n) is 5.93. The summed E-state index contributed by atoms with van der Waals surface area (Å²) in [4.78, 5) is 23.5. The van der Waals surface area contributed by atoms with Gasteiger partial charge in [-0.15, -0.1) is 0 Å². The Morgan fingerprint density at radius 1 is 0.844 bits per heavy atom. The first-order chi connectivity index (χ1) is 21.9. The maximum Gasteiger partial charge on any atom is 0.253 e. The predicted octanol–water partition coefficient (Wildman–Crippen LogP) is 8.98. The smallest absolute Gasteiger partial charge is 0.253 e. The molecular formula is C38H51N5O2. The molecule has 1 amide bonds. The second-order valence-electron chi connectivity index (χ2n) is 13.3. The molecule has 45 heavy (non-hydrogen) atoms. The first-order valence-electron chi connectivity index (χ1n) is 17.0. The van der Waals surface area contributed by atoms with E-state index in [4.69, 9.17) is 9.72 Å². The van der Waals surface area contributed by atoms with Crippen LogP contribution in [0.3, 0.4) is 0 Å². The van der Waals surface area contributed by atoms with Crippen molar-refractivity contribution in [2.45, 2.75) is 72.8 Å². The summed E-state index contributed by atoms with van der Waals surface area (Å²) in [5, 5.41) is 3.58. The van der Waals surface area contributed by atoms with Gasteiger partial charge >= 0.3 is 0 Å². The zero-order chi connectivity index (χ0) is 31.6. The summed E-state index contributed by atoms with van der Waals surface area (Å²) < 4.78 is 8.35. The number of nitrogens with one attached hydrogen (secondary N) is 1. The van der Waals surface area contributed by atoms with Crippen molar-refractivity contribution in [1.82, 2.24) is 19.4 Å². The summed E-state index contributed by atoms with van der Waals surface area (Å²) in [7, 11) is 0. The lowest BCUT2D eigenvalue weighted by molar-refractivity contribution is 0.0741. The molecule has 2 heterocycles. The Morgan fingerprint density at radius 3 is 2.27 bits per heavy atom. The number of para-hydroxylation sites is 1. The Hall–Kier alpha value is -3.84. The molecule has 3 aromatic carbocycles. The van der Waals surface area contributed by atoms with Crippen LogP contribution in [0.5, 0.6) is 11.5 Å². The first kappa shape index (κ1) is 32.6. The maximum absolute atomic E-state index is 13.9. The largest absolute Gasteiger partial charge is 0.457 e. The van der Waals surface area contributed by atoms with Gasteiger partial charge in [-0.1, -0.05) is 58.4 Å². The van der Waals surface area contributed by atoms with Gasteiger partial charge in [-0.05, 0) is 106 Å². The number of benzene rings is 3. The molecule has 0 bridgehead atoms. The number of piperidine rings is 1. The van der Waals surface area contributed by atoms with Crippen molar-refractivity contribution in [1.29, 1.82) is 0 Å². The molecule has 1 N–H and O–H groups in total. The number of rotatable bonds is 15. The Balaban J connectivity index is 1.41. The van der Waals surface area contributed by atoms with Crippen molar-refractivity contribution in [2.75, 3.05) is 38.0 Å². The van der Waals surface area contributed by atoms with Crippen molar-refractivity contribution in [3.8, 4) is 11.5 Å². The van der Waals surface area contributed by atoms with Crippen molar-refractivity contribution in [3.05, 3.63) is 78.4 Å². The van der Waals surface area contributed by atoms with Crippen LogP contribution in [0.25, 0.3) is 11.0 Å². The quantitative estimate of drug-likeness (QED) is 0.146. The number of nitrogens with zero attached hydrogens (tertiary/aromatic N) is 4. The van der Waals surface area contributed by atoms with E-state index in [2.05, 4.69) is 53.4 Å². The van der Waals surface area contributed by atoms with Gasteiger partial charge in [-0.2, -0.15) is 0 Å². The lowest BCUT2D eigenvalue weighted by Crippen LogP contribution is -2.34. The highest BCUT2D eigenvalue weighted by atomic mass is 16.5. The zero-order valence-corrected chi connectivity index (χ0v) is 27.7. The minimum absolute atomic E-state index is 0.111. The van der Waals surface area contributed by atoms with Gasteiger partial charge in [0.2, 0.25) is 5.95 Å². The molecule has 240 valence electrons. The lowest BCUT2D eigenvalue weighted by Gasteiger charge is -2.26. The Bertz CT molecular complexity index is 1500. The average molecular weight is 610 g/mol. The molecule has 0 aliphatic carbocycles. The summed E-state index contributed by atoms with van der Waals surface area (Å²) in [6, 6.07) is 23.8. The van der Waals surface area contributed by atoms with Gasteiger partial charge in [0, 0.05) is 37.0 Å². The Morgan fingerprint density at radius 2 is 1.56 bits per heavy atom. The van der Waals surface area contributed by atoms with Gasteiger partial charge in [-0.3, -0.25) is 4.79 Å². The van der Waals surface area contributed by atoms with E-state index < -0.39 is 0 Å². The van der Waals surface area contributed by atoms with Crippen LogP contribution in [0.2, 0.25) is 0 Å². The molecule has 0 saturated carbocycles. The first-order valence-corrected chi connectivity index (χ1v) is 17.0. The van der Waals surface area contributed by atoms with E-state index in [0.717, 1.165) is 85.2 Å². The maximum atomic E-state index is 13.9. The molecule has 1 saturated heterocycles. The number of ether oxygens (including phenoxy) is 1. The molecule has 1 aliphatic heterocycles. The second-order valence-corrected chi connectivity index (χ2v) is 13.3. The van der Waals surface area contributed by atoms with E-state index in [0.29, 0.717) is 11.8 Å². The number of carbonyl (C=O) groups excluding carboxylic acids is 1. The molecule has 7 nitrogen and oxygen atoms in total. The monoisotopic (exact) mass is 609 g/mol. The molecule has 0 unspecified atom stereocenters. The van der Waals surface area contributed by atoms with Crippen LogP contribution >= 0.6 is 0 Å². The van der Waals surface area contributed by atoms with E-state index in [1.807, 2.05) is 66.7 Å². The molecule has 5 rings (SSSR count). The van der Waals surface area contributed by atoms with E-state index in [-0.39, 0.29) is 5.91 Å². The summed E-state index contributed by atoms with van der Waals surface area (Å²) in [5.74, 6) is 3.55. The van der Waals surface area contributed by atoms with Gasteiger partial charge < -0.3 is 24.4 Å². The molecule has 4 aromatic rings. The standard InChI is InChI=1S/C38H51N5O2/c1-29(2)19-25-42(26-20-30(3)4)37(44)31-17-18-35-36(27-31)43(24-12-23-41-21-9-6-10-22-41)38(40-35)39-32-13-11-16-34(28-32)45-33-14-7-5-8-15-33/h5,7-8,11,13-18,27-30H,6,9-10,12,19-26H2,1-4H3,(H,39,40). The van der Waals surface area contributed by atoms with Crippen molar-refractivity contribution >= 4 is 28.6 Å². The minimum atomic E-state index is 0.111. The number of hydrogen-bond donors (Lipinski definition) is 1. The number of hydrogen-bond acceptors (Lipinski definition) is 5. The van der Waals surface area contributed by atoms with Gasteiger partial charge in [0.25, 0.3) is 5.91 Å². The third kappa shape index (κ3) is 9.33. The van der Waals surface area contributed by atoms with Gasteiger partial charge in [0.15, 0.2) is 0 Å². The molecule has 1 aliphatic rings. The zero-order valence-electron chi connectivity index (χ0n) is 27.7. The van der Waals surface area contributed by atoms with E-state index in [1.165, 1.54) is 32.4 Å². The topological polar surface area (TPSA) is 62.6 Å². The summed E-state index contributed by atoms with van der Waals surface area (Å²) >= 11 is 0. The highest BCUT2D eigenvalue weighted by molar-refractivity contribution is 5.98. The predicted molar refractivity (Wildman–Crippen MR) is 186 cm³/mol. The van der Waals surface area contributed by atoms with Crippen LogP contribution in [-0.4, -0.2) is 58.0 Å². The number of anilines is 2. The molecule has 7 heteroatoms. The van der Waals surface area contributed by atoms with Crippen LogP contribution in [0.15, 0.2) is 72.8 Å². The summed E-state index contributed by atoms with van der Waals surface area (Å²) in [6.45, 7) is 14.7. The number of imidazole rings is 1. The van der Waals surface area contributed by atoms with E-state index in [1.54, 1.807) is 0 Å². The van der Waals surface area contributed by atoms with E-state index in [9.17, 15) is 4.79 Å². The fourth-order valence-corrected chi connectivity index (χ4v) is 5.93. The third-order valence-electron chi connectivity index (χ3n) is 8.61. The molecular weight excluding hydrogens is 558 g/mol.